The number of aromatic carboxylic acids is 1. The van der Waals surface area contributed by atoms with Crippen LogP contribution in [0.1, 0.15) is 21.5 Å². The van der Waals surface area contributed by atoms with Crippen molar-refractivity contribution in [2.24, 2.45) is 0 Å². The van der Waals surface area contributed by atoms with Crippen molar-refractivity contribution in [2.75, 3.05) is 0 Å². The van der Waals surface area contributed by atoms with E-state index in [4.69, 9.17) is 10.4 Å². The van der Waals surface area contributed by atoms with Crippen LogP contribution < -0.4 is 0 Å². The summed E-state index contributed by atoms with van der Waals surface area (Å²) in [6.07, 6.45) is 2.65. The summed E-state index contributed by atoms with van der Waals surface area (Å²) >= 11 is 0. The summed E-state index contributed by atoms with van der Waals surface area (Å²) in [5.41, 5.74) is 2.04. The Balaban J connectivity index is 2.60. The highest BCUT2D eigenvalue weighted by molar-refractivity contribution is 5.87. The number of para-hydroxylation sites is 1. The normalized spacial score (nSPS) is 9.88. The van der Waals surface area contributed by atoms with Crippen molar-refractivity contribution >= 4 is 5.97 Å². The summed E-state index contributed by atoms with van der Waals surface area (Å²) in [7, 11) is 0. The van der Waals surface area contributed by atoms with Crippen LogP contribution in [0.4, 0.5) is 0 Å². The van der Waals surface area contributed by atoms with Gasteiger partial charge in [0, 0.05) is 6.20 Å². The number of carboxylic acid groups (broad SMARTS) is 1. The quantitative estimate of drug-likeness (QED) is 0.847. The number of nitriles is 1. The van der Waals surface area contributed by atoms with Gasteiger partial charge in [-0.3, -0.25) is 0 Å². The van der Waals surface area contributed by atoms with Gasteiger partial charge in [-0.2, -0.15) is 10.4 Å². The fourth-order valence-corrected chi connectivity index (χ4v) is 1.61. The average Bonchev–Trinajstić information content (AvgIpc) is 2.77. The zero-order valence-corrected chi connectivity index (χ0v) is 9.08. The largest absolute Gasteiger partial charge is 0.478 e. The summed E-state index contributed by atoms with van der Waals surface area (Å²) in [6.45, 7) is 1.85. The number of aromatic nitrogens is 2. The molecule has 17 heavy (non-hydrogen) atoms. The SMILES string of the molecule is Cc1cccc(C#N)c1-n1cc(C(=O)O)cn1. The van der Waals surface area contributed by atoms with Gasteiger partial charge in [-0.15, -0.1) is 0 Å². The van der Waals surface area contributed by atoms with Gasteiger partial charge in [0.2, 0.25) is 0 Å². The highest BCUT2D eigenvalue weighted by Crippen LogP contribution is 2.18. The van der Waals surface area contributed by atoms with Crippen molar-refractivity contribution in [1.29, 1.82) is 5.26 Å². The first-order chi connectivity index (χ1) is 8.13. The van der Waals surface area contributed by atoms with E-state index in [1.807, 2.05) is 13.0 Å². The van der Waals surface area contributed by atoms with Gasteiger partial charge >= 0.3 is 5.97 Å². The summed E-state index contributed by atoms with van der Waals surface area (Å²) < 4.78 is 1.41. The smallest absolute Gasteiger partial charge is 0.338 e. The van der Waals surface area contributed by atoms with E-state index in [1.54, 1.807) is 12.1 Å². The van der Waals surface area contributed by atoms with Crippen molar-refractivity contribution in [2.45, 2.75) is 6.92 Å². The minimum atomic E-state index is -1.04. The fourth-order valence-electron chi connectivity index (χ4n) is 1.61. The van der Waals surface area contributed by atoms with Gasteiger partial charge < -0.3 is 5.11 Å². The Morgan fingerprint density at radius 1 is 1.53 bits per heavy atom. The number of carbonyl (C=O) groups is 1. The molecule has 84 valence electrons. The highest BCUT2D eigenvalue weighted by Gasteiger charge is 2.11. The Bertz CT molecular complexity index is 623. The average molecular weight is 227 g/mol. The van der Waals surface area contributed by atoms with Crippen LogP contribution in [0.25, 0.3) is 5.69 Å². The monoisotopic (exact) mass is 227 g/mol. The maximum atomic E-state index is 10.8. The summed E-state index contributed by atoms with van der Waals surface area (Å²) in [5.74, 6) is -1.04. The highest BCUT2D eigenvalue weighted by atomic mass is 16.4. The Kier molecular flexibility index (Phi) is 2.63. The van der Waals surface area contributed by atoms with E-state index in [2.05, 4.69) is 11.2 Å². The van der Waals surface area contributed by atoms with Gasteiger partial charge in [0.05, 0.1) is 23.0 Å². The van der Waals surface area contributed by atoms with Crippen LogP contribution in [0.2, 0.25) is 0 Å². The summed E-state index contributed by atoms with van der Waals surface area (Å²) in [5, 5.41) is 21.8. The van der Waals surface area contributed by atoms with E-state index in [0.29, 0.717) is 11.3 Å². The van der Waals surface area contributed by atoms with Crippen molar-refractivity contribution < 1.29 is 9.90 Å². The zero-order chi connectivity index (χ0) is 12.4. The van der Waals surface area contributed by atoms with Crippen molar-refractivity contribution in [3.05, 3.63) is 47.3 Å². The molecule has 5 nitrogen and oxygen atoms in total. The van der Waals surface area contributed by atoms with Crippen molar-refractivity contribution in [1.82, 2.24) is 9.78 Å². The van der Waals surface area contributed by atoms with Gasteiger partial charge in [-0.1, -0.05) is 12.1 Å². The van der Waals surface area contributed by atoms with E-state index in [-0.39, 0.29) is 5.56 Å². The second kappa shape index (κ2) is 4.10. The molecule has 0 spiro atoms. The Morgan fingerprint density at radius 2 is 2.29 bits per heavy atom. The summed E-state index contributed by atoms with van der Waals surface area (Å²) in [4.78, 5) is 10.8. The van der Waals surface area contributed by atoms with Crippen LogP contribution in [0.3, 0.4) is 0 Å². The first-order valence-corrected chi connectivity index (χ1v) is 4.91. The number of nitrogens with zero attached hydrogens (tertiary/aromatic N) is 3. The first kappa shape index (κ1) is 10.9. The van der Waals surface area contributed by atoms with Crippen LogP contribution in [0, 0.1) is 18.3 Å². The molecule has 0 amide bonds. The number of carboxylic acids is 1. The first-order valence-electron chi connectivity index (χ1n) is 4.91. The molecule has 0 aliphatic carbocycles. The predicted molar refractivity (Wildman–Crippen MR) is 60.0 cm³/mol. The van der Waals surface area contributed by atoms with E-state index in [0.717, 1.165) is 5.56 Å². The van der Waals surface area contributed by atoms with Crippen LogP contribution in [0.5, 0.6) is 0 Å². The molecule has 1 aromatic carbocycles. The summed E-state index contributed by atoms with van der Waals surface area (Å²) in [6, 6.07) is 7.36. The lowest BCUT2D eigenvalue weighted by molar-refractivity contribution is 0.0697. The van der Waals surface area contributed by atoms with Crippen LogP contribution in [-0.2, 0) is 0 Å². The third kappa shape index (κ3) is 1.88. The molecule has 5 heteroatoms. The van der Waals surface area contributed by atoms with E-state index in [9.17, 15) is 4.79 Å². The molecule has 0 bridgehead atoms. The molecule has 0 saturated carbocycles. The molecule has 0 aliphatic heterocycles. The minimum absolute atomic E-state index is 0.0946. The molecule has 2 aromatic rings. The zero-order valence-electron chi connectivity index (χ0n) is 9.08. The maximum absolute atomic E-state index is 10.8. The van der Waals surface area contributed by atoms with Crippen LogP contribution in [0.15, 0.2) is 30.6 Å². The molecule has 0 atom stereocenters. The van der Waals surface area contributed by atoms with Crippen LogP contribution >= 0.6 is 0 Å². The van der Waals surface area contributed by atoms with Crippen LogP contribution in [-0.4, -0.2) is 20.9 Å². The molecule has 1 heterocycles. The topological polar surface area (TPSA) is 78.9 Å². The van der Waals surface area contributed by atoms with Gasteiger partial charge in [-0.25, -0.2) is 9.48 Å². The van der Waals surface area contributed by atoms with Gasteiger partial charge in [-0.05, 0) is 18.6 Å². The molecule has 0 saturated heterocycles. The predicted octanol–water partition coefficient (Wildman–Crippen LogP) is 1.75. The second-order valence-corrected chi connectivity index (χ2v) is 3.56. The van der Waals surface area contributed by atoms with Gasteiger partial charge in [0.15, 0.2) is 0 Å². The molecule has 0 fully saturated rings. The molecule has 0 radical (unpaired) electrons. The number of benzene rings is 1. The number of rotatable bonds is 2. The lowest BCUT2D eigenvalue weighted by atomic mass is 10.1. The van der Waals surface area contributed by atoms with Crippen molar-refractivity contribution in [3.8, 4) is 11.8 Å². The molecule has 0 unspecified atom stereocenters. The molecule has 1 N–H and O–H groups in total. The number of aryl methyl sites for hydroxylation is 1. The molecule has 1 aromatic heterocycles. The Labute approximate surface area is 97.5 Å². The maximum Gasteiger partial charge on any atom is 0.338 e. The lowest BCUT2D eigenvalue weighted by Crippen LogP contribution is -2.01. The standard InChI is InChI=1S/C12H9N3O2/c1-8-3-2-4-9(5-13)11(8)15-7-10(6-14-15)12(16)17/h2-4,6-7H,1H3,(H,16,17). The molecule has 2 rings (SSSR count). The lowest BCUT2D eigenvalue weighted by Gasteiger charge is -2.07. The molecular formula is C12H9N3O2. The Morgan fingerprint density at radius 3 is 2.88 bits per heavy atom. The number of hydrogen-bond acceptors (Lipinski definition) is 3. The molecule has 0 aliphatic rings. The van der Waals surface area contributed by atoms with Gasteiger partial charge in [0.25, 0.3) is 0 Å². The van der Waals surface area contributed by atoms with Gasteiger partial charge in [0.1, 0.15) is 6.07 Å². The van der Waals surface area contributed by atoms with E-state index >= 15 is 0 Å². The van der Waals surface area contributed by atoms with E-state index in [1.165, 1.54) is 17.1 Å². The Hall–Kier alpha value is -2.61. The van der Waals surface area contributed by atoms with Crippen molar-refractivity contribution in [3.63, 3.8) is 0 Å². The molecular weight excluding hydrogens is 218 g/mol. The van der Waals surface area contributed by atoms with E-state index < -0.39 is 5.97 Å². The third-order valence-electron chi connectivity index (χ3n) is 2.42. The minimum Gasteiger partial charge on any atom is -0.478 e. The second-order valence-electron chi connectivity index (χ2n) is 3.56. The number of hydrogen-bond donors (Lipinski definition) is 1. The fraction of sp³-hybridized carbons (Fsp3) is 0.0833. The third-order valence-corrected chi connectivity index (χ3v) is 2.42.